The first-order chi connectivity index (χ1) is 13.0. The molecule has 2 aromatic carbocycles. The molecule has 3 rings (SSSR count). The third kappa shape index (κ3) is 4.25. The summed E-state index contributed by atoms with van der Waals surface area (Å²) in [6.07, 6.45) is 2.03. The number of unbranched alkanes of at least 4 members (excludes halogenated alkanes) is 1. The minimum Gasteiger partial charge on any atom is -0.493 e. The number of nitrogens with one attached hydrogen (secondary N) is 1. The van der Waals surface area contributed by atoms with Crippen LogP contribution in [0.5, 0.6) is 5.75 Å². The molecule has 1 aliphatic rings. The van der Waals surface area contributed by atoms with E-state index in [4.69, 9.17) is 16.3 Å². The zero-order chi connectivity index (χ0) is 19.4. The number of ether oxygens (including phenoxy) is 1. The highest BCUT2D eigenvalue weighted by atomic mass is 35.5. The lowest BCUT2D eigenvalue weighted by Crippen LogP contribution is -2.36. The molecule has 0 radical (unpaired) electrons. The lowest BCUT2D eigenvalue weighted by molar-refractivity contribution is -0.126. The largest absolute Gasteiger partial charge is 0.493 e. The average Bonchev–Trinajstić information content (AvgIpc) is 2.88. The third-order valence-corrected chi connectivity index (χ3v) is 4.74. The van der Waals surface area contributed by atoms with E-state index in [1.54, 1.807) is 17.0 Å². The fourth-order valence-electron chi connectivity index (χ4n) is 3.19. The van der Waals surface area contributed by atoms with Gasteiger partial charge in [0.2, 0.25) is 5.91 Å². The van der Waals surface area contributed by atoms with Gasteiger partial charge in [-0.2, -0.15) is 0 Å². The fourth-order valence-corrected chi connectivity index (χ4v) is 3.37. The first-order valence-corrected chi connectivity index (χ1v) is 9.47. The number of halogens is 1. The van der Waals surface area contributed by atoms with Gasteiger partial charge >= 0.3 is 0 Å². The average molecular weight is 387 g/mol. The lowest BCUT2D eigenvalue weighted by Gasteiger charge is -2.20. The maximum Gasteiger partial charge on any atom is 0.254 e. The predicted octanol–water partition coefficient (Wildman–Crippen LogP) is 4.24. The Bertz CT molecular complexity index is 853. The molecular weight excluding hydrogens is 364 g/mol. The molecule has 0 unspecified atom stereocenters. The molecule has 2 aromatic rings. The Labute approximate surface area is 164 Å². The second-order valence-electron chi connectivity index (χ2n) is 6.57. The Hall–Kier alpha value is -2.53. The number of nitrogens with zero attached hydrogens (tertiary/aromatic N) is 1. The molecule has 0 aromatic heterocycles. The number of para-hydroxylation sites is 1. The lowest BCUT2D eigenvalue weighted by atomic mass is 10.1. The van der Waals surface area contributed by atoms with Gasteiger partial charge in [-0.3, -0.25) is 9.59 Å². The van der Waals surface area contributed by atoms with Crippen LogP contribution in [0.15, 0.2) is 42.5 Å². The second-order valence-corrected chi connectivity index (χ2v) is 7.01. The zero-order valence-corrected chi connectivity index (χ0v) is 16.3. The van der Waals surface area contributed by atoms with Crippen LogP contribution in [0.25, 0.3) is 0 Å². The van der Waals surface area contributed by atoms with Gasteiger partial charge in [0.25, 0.3) is 5.91 Å². The molecule has 27 heavy (non-hydrogen) atoms. The zero-order valence-electron chi connectivity index (χ0n) is 15.5. The number of hydrogen-bond acceptors (Lipinski definition) is 3. The summed E-state index contributed by atoms with van der Waals surface area (Å²) in [5.74, 6) is 0.340. The Morgan fingerprint density at radius 3 is 2.78 bits per heavy atom. The molecule has 0 saturated carbocycles. The standard InChI is InChI=1S/C21H23ClN2O3/c1-3-4-11-27-19-8-6-5-7-15(19)13-24-18-10-9-16(22)12-17(18)20(21(24)26)23-14(2)25/h5-10,12,20H,3-4,11,13H2,1-2H3,(H,23,25)/t20-/m1/s1. The number of carbonyl (C=O) groups excluding carboxylic acids is 2. The molecule has 1 atom stereocenters. The van der Waals surface area contributed by atoms with Crippen molar-refractivity contribution in [3.63, 3.8) is 0 Å². The van der Waals surface area contributed by atoms with Crippen molar-refractivity contribution in [1.82, 2.24) is 5.32 Å². The summed E-state index contributed by atoms with van der Waals surface area (Å²) < 4.78 is 5.89. The maximum absolute atomic E-state index is 13.0. The van der Waals surface area contributed by atoms with Crippen molar-refractivity contribution in [3.05, 3.63) is 58.6 Å². The highest BCUT2D eigenvalue weighted by Gasteiger charge is 2.38. The van der Waals surface area contributed by atoms with Crippen LogP contribution in [0.2, 0.25) is 5.02 Å². The summed E-state index contributed by atoms with van der Waals surface area (Å²) in [7, 11) is 0. The number of amides is 2. The van der Waals surface area contributed by atoms with Crippen LogP contribution in [0, 0.1) is 0 Å². The van der Waals surface area contributed by atoms with Gasteiger partial charge in [0.1, 0.15) is 11.8 Å². The molecule has 5 nitrogen and oxygen atoms in total. The molecule has 0 saturated heterocycles. The van der Waals surface area contributed by atoms with Crippen LogP contribution in [-0.2, 0) is 16.1 Å². The smallest absolute Gasteiger partial charge is 0.254 e. The van der Waals surface area contributed by atoms with Crippen molar-refractivity contribution in [3.8, 4) is 5.75 Å². The SMILES string of the molecule is CCCCOc1ccccc1CN1C(=O)[C@H](NC(C)=O)c2cc(Cl)ccc21. The minimum atomic E-state index is -0.718. The highest BCUT2D eigenvalue weighted by molar-refractivity contribution is 6.31. The molecule has 1 aliphatic heterocycles. The summed E-state index contributed by atoms with van der Waals surface area (Å²) in [6.45, 7) is 4.52. The van der Waals surface area contributed by atoms with E-state index < -0.39 is 6.04 Å². The van der Waals surface area contributed by atoms with E-state index in [9.17, 15) is 9.59 Å². The van der Waals surface area contributed by atoms with Gasteiger partial charge in [-0.15, -0.1) is 0 Å². The molecule has 1 N–H and O–H groups in total. The van der Waals surface area contributed by atoms with Crippen LogP contribution in [0.4, 0.5) is 5.69 Å². The van der Waals surface area contributed by atoms with E-state index in [0.29, 0.717) is 23.7 Å². The second kappa shape index (κ2) is 8.44. The molecule has 0 aliphatic carbocycles. The van der Waals surface area contributed by atoms with E-state index >= 15 is 0 Å². The number of hydrogen-bond donors (Lipinski definition) is 1. The molecule has 142 valence electrons. The highest BCUT2D eigenvalue weighted by Crippen LogP contribution is 2.39. The topological polar surface area (TPSA) is 58.6 Å². The Morgan fingerprint density at radius 2 is 2.04 bits per heavy atom. The summed E-state index contributed by atoms with van der Waals surface area (Å²) >= 11 is 6.11. The van der Waals surface area contributed by atoms with Gasteiger partial charge in [0.15, 0.2) is 0 Å². The van der Waals surface area contributed by atoms with Crippen molar-refractivity contribution >= 4 is 29.1 Å². The minimum absolute atomic E-state index is 0.175. The van der Waals surface area contributed by atoms with Crippen LogP contribution in [0.3, 0.4) is 0 Å². The summed E-state index contributed by atoms with van der Waals surface area (Å²) in [4.78, 5) is 26.3. The van der Waals surface area contributed by atoms with Crippen molar-refractivity contribution in [2.45, 2.75) is 39.3 Å². The predicted molar refractivity (Wildman–Crippen MR) is 106 cm³/mol. The fraction of sp³-hybridized carbons (Fsp3) is 0.333. The molecule has 6 heteroatoms. The van der Waals surface area contributed by atoms with Gasteiger partial charge in [0, 0.05) is 28.8 Å². The monoisotopic (exact) mass is 386 g/mol. The molecule has 0 spiro atoms. The summed E-state index contributed by atoms with van der Waals surface area (Å²) in [5, 5.41) is 3.26. The number of anilines is 1. The van der Waals surface area contributed by atoms with E-state index in [-0.39, 0.29) is 11.8 Å². The van der Waals surface area contributed by atoms with E-state index in [2.05, 4.69) is 12.2 Å². The Morgan fingerprint density at radius 1 is 1.26 bits per heavy atom. The van der Waals surface area contributed by atoms with Gasteiger partial charge < -0.3 is 15.0 Å². The quantitative estimate of drug-likeness (QED) is 0.724. The number of fused-ring (bicyclic) bond motifs is 1. The number of benzene rings is 2. The number of carbonyl (C=O) groups is 2. The molecule has 0 bridgehead atoms. The van der Waals surface area contributed by atoms with Gasteiger partial charge in [-0.05, 0) is 30.7 Å². The van der Waals surface area contributed by atoms with Gasteiger partial charge in [-0.1, -0.05) is 43.1 Å². The Balaban J connectivity index is 1.90. The summed E-state index contributed by atoms with van der Waals surface area (Å²) in [5.41, 5.74) is 2.39. The normalized spacial score (nSPS) is 15.6. The van der Waals surface area contributed by atoms with Gasteiger partial charge in [-0.25, -0.2) is 0 Å². The van der Waals surface area contributed by atoms with E-state index in [1.165, 1.54) is 6.92 Å². The molecule has 0 fully saturated rings. The maximum atomic E-state index is 13.0. The molecule has 2 amide bonds. The van der Waals surface area contributed by atoms with Gasteiger partial charge in [0.05, 0.1) is 13.2 Å². The van der Waals surface area contributed by atoms with Crippen LogP contribution in [0.1, 0.15) is 43.9 Å². The van der Waals surface area contributed by atoms with Crippen molar-refractivity contribution < 1.29 is 14.3 Å². The van der Waals surface area contributed by atoms with Crippen molar-refractivity contribution in [1.29, 1.82) is 0 Å². The van der Waals surface area contributed by atoms with Crippen LogP contribution >= 0.6 is 11.6 Å². The first kappa shape index (κ1) is 19.2. The van der Waals surface area contributed by atoms with Crippen LogP contribution in [-0.4, -0.2) is 18.4 Å². The first-order valence-electron chi connectivity index (χ1n) is 9.10. The number of rotatable bonds is 7. The Kier molecular flexibility index (Phi) is 6.01. The molecular formula is C21H23ClN2O3. The van der Waals surface area contributed by atoms with Crippen molar-refractivity contribution in [2.24, 2.45) is 0 Å². The van der Waals surface area contributed by atoms with Crippen molar-refractivity contribution in [2.75, 3.05) is 11.5 Å². The van der Waals surface area contributed by atoms with Crippen LogP contribution < -0.4 is 15.0 Å². The van der Waals surface area contributed by atoms with E-state index in [0.717, 1.165) is 29.8 Å². The third-order valence-electron chi connectivity index (χ3n) is 4.51. The van der Waals surface area contributed by atoms with E-state index in [1.807, 2.05) is 30.3 Å². The molecule has 1 heterocycles. The summed E-state index contributed by atoms with van der Waals surface area (Å²) in [6, 6.07) is 12.3.